The maximum Gasteiger partial charge on any atom is 0.159 e. The largest absolute Gasteiger partial charge is 0.381 e. The molecule has 0 aliphatic carbocycles. The van der Waals surface area contributed by atoms with Crippen LogP contribution in [0.3, 0.4) is 0 Å². The third-order valence-corrected chi connectivity index (χ3v) is 3.08. The molecule has 2 unspecified atom stereocenters. The van der Waals surface area contributed by atoms with Crippen molar-refractivity contribution < 1.29 is 13.5 Å². The maximum atomic E-state index is 13.1. The van der Waals surface area contributed by atoms with Crippen molar-refractivity contribution in [1.82, 2.24) is 0 Å². The zero-order valence-electron chi connectivity index (χ0n) is 8.96. The van der Waals surface area contributed by atoms with E-state index in [4.69, 9.17) is 4.74 Å². The first-order chi connectivity index (χ1) is 7.72. The van der Waals surface area contributed by atoms with Crippen molar-refractivity contribution in [3.05, 3.63) is 48.1 Å². The van der Waals surface area contributed by atoms with E-state index in [2.05, 4.69) is 6.58 Å². The number of rotatable bonds is 2. The topological polar surface area (TPSA) is 9.23 Å². The van der Waals surface area contributed by atoms with Gasteiger partial charge in [0.2, 0.25) is 0 Å². The van der Waals surface area contributed by atoms with Gasteiger partial charge in [-0.1, -0.05) is 12.1 Å². The van der Waals surface area contributed by atoms with E-state index < -0.39 is 11.6 Å². The fourth-order valence-corrected chi connectivity index (χ4v) is 2.12. The Morgan fingerprint density at radius 2 is 2.12 bits per heavy atom. The summed E-state index contributed by atoms with van der Waals surface area (Å²) in [6.07, 6.45) is 2.75. The van der Waals surface area contributed by atoms with Crippen molar-refractivity contribution in [3.63, 3.8) is 0 Å². The van der Waals surface area contributed by atoms with E-state index in [1.165, 1.54) is 12.1 Å². The third kappa shape index (κ3) is 2.14. The van der Waals surface area contributed by atoms with Crippen molar-refractivity contribution in [2.45, 2.75) is 12.3 Å². The van der Waals surface area contributed by atoms with Crippen LogP contribution in [-0.4, -0.2) is 13.2 Å². The van der Waals surface area contributed by atoms with Crippen LogP contribution in [0.25, 0.3) is 0 Å². The molecule has 3 heteroatoms. The van der Waals surface area contributed by atoms with Gasteiger partial charge in [-0.2, -0.15) is 0 Å². The highest BCUT2D eigenvalue weighted by atomic mass is 19.2. The second kappa shape index (κ2) is 4.74. The molecule has 0 amide bonds. The molecule has 0 spiro atoms. The molecular weight excluding hydrogens is 210 g/mol. The summed E-state index contributed by atoms with van der Waals surface area (Å²) in [5, 5.41) is 0. The van der Waals surface area contributed by atoms with Crippen molar-refractivity contribution in [2.75, 3.05) is 13.2 Å². The van der Waals surface area contributed by atoms with E-state index in [0.29, 0.717) is 13.2 Å². The van der Waals surface area contributed by atoms with Crippen molar-refractivity contribution in [1.29, 1.82) is 0 Å². The lowest BCUT2D eigenvalue weighted by atomic mass is 9.83. The average molecular weight is 224 g/mol. The summed E-state index contributed by atoms with van der Waals surface area (Å²) in [6.45, 7) is 5.03. The molecule has 16 heavy (non-hydrogen) atoms. The lowest BCUT2D eigenvalue weighted by Crippen LogP contribution is -2.24. The molecule has 1 aromatic rings. The molecule has 1 aromatic carbocycles. The predicted octanol–water partition coefficient (Wildman–Crippen LogP) is 3.27. The Kier molecular flexibility index (Phi) is 3.34. The van der Waals surface area contributed by atoms with Gasteiger partial charge in [0.1, 0.15) is 0 Å². The summed E-state index contributed by atoms with van der Waals surface area (Å²) in [6, 6.07) is 4.04. The first-order valence-electron chi connectivity index (χ1n) is 5.37. The van der Waals surface area contributed by atoms with Crippen molar-refractivity contribution in [3.8, 4) is 0 Å². The predicted molar refractivity (Wildman–Crippen MR) is 58.2 cm³/mol. The van der Waals surface area contributed by atoms with Crippen LogP contribution in [0.1, 0.15) is 17.9 Å². The monoisotopic (exact) mass is 224 g/mol. The number of hydrogen-bond donors (Lipinski definition) is 0. The van der Waals surface area contributed by atoms with Crippen LogP contribution >= 0.6 is 0 Å². The van der Waals surface area contributed by atoms with Crippen LogP contribution < -0.4 is 0 Å². The molecule has 1 saturated heterocycles. The minimum atomic E-state index is -0.810. The molecule has 0 aromatic heterocycles. The molecule has 1 nitrogen and oxygen atoms in total. The van der Waals surface area contributed by atoms with Crippen LogP contribution in [0.5, 0.6) is 0 Å². The number of allylic oxidation sites excluding steroid dienone is 1. The zero-order chi connectivity index (χ0) is 11.5. The Morgan fingerprint density at radius 3 is 2.81 bits per heavy atom. The molecule has 0 radical (unpaired) electrons. The number of halogens is 2. The van der Waals surface area contributed by atoms with E-state index in [9.17, 15) is 8.78 Å². The van der Waals surface area contributed by atoms with Gasteiger partial charge in [0.05, 0.1) is 6.61 Å². The van der Waals surface area contributed by atoms with Gasteiger partial charge in [0, 0.05) is 12.5 Å². The molecule has 1 aliphatic rings. The fourth-order valence-electron chi connectivity index (χ4n) is 2.12. The maximum absolute atomic E-state index is 13.1. The summed E-state index contributed by atoms with van der Waals surface area (Å²) in [5.74, 6) is -1.25. The zero-order valence-corrected chi connectivity index (χ0v) is 8.96. The molecule has 2 rings (SSSR count). The Bertz CT molecular complexity index is 390. The Morgan fingerprint density at radius 1 is 1.31 bits per heavy atom. The molecule has 0 bridgehead atoms. The van der Waals surface area contributed by atoms with Crippen LogP contribution in [0.15, 0.2) is 30.9 Å². The highest BCUT2D eigenvalue weighted by Gasteiger charge is 2.25. The van der Waals surface area contributed by atoms with Gasteiger partial charge in [0.25, 0.3) is 0 Å². The summed E-state index contributed by atoms with van der Waals surface area (Å²) >= 11 is 0. The summed E-state index contributed by atoms with van der Waals surface area (Å²) in [5.41, 5.74) is 0.781. The summed E-state index contributed by atoms with van der Waals surface area (Å²) in [4.78, 5) is 0. The van der Waals surface area contributed by atoms with E-state index in [1.807, 2.05) is 6.08 Å². The van der Waals surface area contributed by atoms with E-state index in [1.54, 1.807) is 6.07 Å². The molecule has 0 N–H and O–H groups in total. The van der Waals surface area contributed by atoms with Crippen LogP contribution in [0, 0.1) is 17.6 Å². The first kappa shape index (κ1) is 11.3. The molecular formula is C13H14F2O. The SMILES string of the molecule is C=CC1CCOCC1c1ccc(F)c(F)c1. The second-order valence-electron chi connectivity index (χ2n) is 4.04. The van der Waals surface area contributed by atoms with Gasteiger partial charge in [-0.3, -0.25) is 0 Å². The van der Waals surface area contributed by atoms with Crippen LogP contribution in [0.4, 0.5) is 8.78 Å². The van der Waals surface area contributed by atoms with Crippen molar-refractivity contribution in [2.24, 2.45) is 5.92 Å². The first-order valence-corrected chi connectivity index (χ1v) is 5.37. The lowest BCUT2D eigenvalue weighted by Gasteiger charge is -2.29. The second-order valence-corrected chi connectivity index (χ2v) is 4.04. The standard InChI is InChI=1S/C13H14F2O/c1-2-9-5-6-16-8-11(9)10-3-4-12(14)13(15)7-10/h2-4,7,9,11H,1,5-6,8H2. The normalized spacial score (nSPS) is 25.4. The van der Waals surface area contributed by atoms with E-state index in [-0.39, 0.29) is 11.8 Å². The highest BCUT2D eigenvalue weighted by molar-refractivity contribution is 5.24. The quantitative estimate of drug-likeness (QED) is 0.700. The molecule has 2 atom stereocenters. The van der Waals surface area contributed by atoms with Gasteiger partial charge in [0.15, 0.2) is 11.6 Å². The molecule has 1 fully saturated rings. The number of benzene rings is 1. The number of hydrogen-bond acceptors (Lipinski definition) is 1. The van der Waals surface area contributed by atoms with Crippen LogP contribution in [0.2, 0.25) is 0 Å². The van der Waals surface area contributed by atoms with Gasteiger partial charge in [-0.15, -0.1) is 6.58 Å². The number of ether oxygens (including phenoxy) is 1. The van der Waals surface area contributed by atoms with Gasteiger partial charge in [-0.05, 0) is 30.0 Å². The van der Waals surface area contributed by atoms with Gasteiger partial charge < -0.3 is 4.74 Å². The fraction of sp³-hybridized carbons (Fsp3) is 0.385. The minimum Gasteiger partial charge on any atom is -0.381 e. The molecule has 1 heterocycles. The minimum absolute atomic E-state index is 0.0846. The highest BCUT2D eigenvalue weighted by Crippen LogP contribution is 2.32. The van der Waals surface area contributed by atoms with E-state index >= 15 is 0 Å². The Balaban J connectivity index is 2.27. The van der Waals surface area contributed by atoms with E-state index in [0.717, 1.165) is 12.0 Å². The van der Waals surface area contributed by atoms with Crippen LogP contribution in [-0.2, 0) is 4.74 Å². The smallest absolute Gasteiger partial charge is 0.159 e. The molecule has 0 saturated carbocycles. The van der Waals surface area contributed by atoms with Gasteiger partial charge in [-0.25, -0.2) is 8.78 Å². The average Bonchev–Trinajstić information content (AvgIpc) is 2.32. The summed E-state index contributed by atoms with van der Waals surface area (Å²) < 4.78 is 31.3. The van der Waals surface area contributed by atoms with Gasteiger partial charge >= 0.3 is 0 Å². The molecule has 1 aliphatic heterocycles. The molecule has 86 valence electrons. The lowest BCUT2D eigenvalue weighted by molar-refractivity contribution is 0.0599. The third-order valence-electron chi connectivity index (χ3n) is 3.08. The Hall–Kier alpha value is -1.22. The Labute approximate surface area is 93.7 Å². The summed E-state index contributed by atoms with van der Waals surface area (Å²) in [7, 11) is 0. The van der Waals surface area contributed by atoms with Crippen molar-refractivity contribution >= 4 is 0 Å².